The summed E-state index contributed by atoms with van der Waals surface area (Å²) in [7, 11) is -9.93. The molecule has 0 saturated heterocycles. The molecule has 0 amide bonds. The largest absolute Gasteiger partial charge is 0.472 e. The zero-order chi connectivity index (χ0) is 78.6. The monoisotopic (exact) mass is 1560 g/mol. The summed E-state index contributed by atoms with van der Waals surface area (Å²) < 4.78 is 68.9. The third-order valence-corrected chi connectivity index (χ3v) is 22.5. The number of ether oxygens (including phenoxy) is 4. The summed E-state index contributed by atoms with van der Waals surface area (Å²) in [5.74, 6) is 0.318. The summed E-state index contributed by atoms with van der Waals surface area (Å²) in [6.45, 7) is 12.1. The van der Waals surface area contributed by atoms with Gasteiger partial charge in [-0.15, -0.1) is 0 Å². The summed E-state index contributed by atoms with van der Waals surface area (Å²) in [4.78, 5) is 73.2. The van der Waals surface area contributed by atoms with Crippen molar-refractivity contribution in [2.24, 2.45) is 17.8 Å². The van der Waals surface area contributed by atoms with E-state index in [9.17, 15) is 43.2 Å². The van der Waals surface area contributed by atoms with Gasteiger partial charge in [0.25, 0.3) is 0 Å². The van der Waals surface area contributed by atoms with Crippen molar-refractivity contribution < 1.29 is 80.2 Å². The van der Waals surface area contributed by atoms with Crippen LogP contribution in [-0.2, 0) is 65.4 Å². The summed E-state index contributed by atoms with van der Waals surface area (Å²) in [5.41, 5.74) is 0. The molecule has 0 bridgehead atoms. The number of phosphoric acid groups is 2. The second-order valence-electron chi connectivity index (χ2n) is 33.1. The molecule has 0 heterocycles. The molecule has 3 N–H and O–H groups in total. The molecule has 107 heavy (non-hydrogen) atoms. The van der Waals surface area contributed by atoms with E-state index in [1.54, 1.807) is 0 Å². The number of unbranched alkanes of at least 4 members (excludes halogenated alkanes) is 54. The molecule has 0 fully saturated rings. The van der Waals surface area contributed by atoms with Gasteiger partial charge in [0.05, 0.1) is 26.4 Å². The van der Waals surface area contributed by atoms with Gasteiger partial charge >= 0.3 is 39.5 Å². The predicted octanol–water partition coefficient (Wildman–Crippen LogP) is 26.9. The van der Waals surface area contributed by atoms with Crippen LogP contribution in [0.1, 0.15) is 466 Å². The first-order valence-corrected chi connectivity index (χ1v) is 48.3. The summed E-state index contributed by atoms with van der Waals surface area (Å²) in [5, 5.41) is 10.7. The van der Waals surface area contributed by atoms with Gasteiger partial charge in [0.2, 0.25) is 0 Å². The standard InChI is InChI=1S/C88H172O17P2/c1-8-9-10-11-12-13-41-48-55-62-69-85(90)98-75-83(104-88(93)72-65-58-51-44-37-31-30-34-40-47-54-61-68-81(6)7)77-102-106(94,95)100-73-82(89)74-101-107(96,97)103-78-84(105-87(92)71-64-57-50-43-36-29-25-21-17-15-19-23-27-33-39-46-53-60-67-80(4)5)76-99-86(91)70-63-56-49-42-35-28-24-20-16-14-18-22-26-32-38-45-52-59-66-79(2)3/h79-84,89H,8-78H2,1-7H3,(H,94,95)(H,96,97)/t82-,83+,84+/m0/s1. The molecule has 0 aliphatic rings. The van der Waals surface area contributed by atoms with E-state index in [4.69, 9.17) is 37.0 Å². The Hall–Kier alpha value is -1.94. The van der Waals surface area contributed by atoms with Gasteiger partial charge in [0.15, 0.2) is 12.2 Å². The molecule has 0 aromatic heterocycles. The Balaban J connectivity index is 5.21. The highest BCUT2D eigenvalue weighted by atomic mass is 31.2. The Morgan fingerprint density at radius 3 is 0.636 bits per heavy atom. The first-order valence-electron chi connectivity index (χ1n) is 45.3. The van der Waals surface area contributed by atoms with Gasteiger partial charge in [-0.25, -0.2) is 9.13 Å². The molecular formula is C88H172O17P2. The number of rotatable bonds is 86. The highest BCUT2D eigenvalue weighted by Crippen LogP contribution is 2.45. The lowest BCUT2D eigenvalue weighted by molar-refractivity contribution is -0.161. The van der Waals surface area contributed by atoms with Crippen LogP contribution in [0.2, 0.25) is 0 Å². The molecule has 17 nitrogen and oxygen atoms in total. The Morgan fingerprint density at radius 1 is 0.252 bits per heavy atom. The van der Waals surface area contributed by atoms with E-state index in [2.05, 4.69) is 48.5 Å². The number of esters is 4. The van der Waals surface area contributed by atoms with E-state index in [1.807, 2.05) is 0 Å². The molecule has 0 aliphatic heterocycles. The third kappa shape index (κ3) is 81.9. The van der Waals surface area contributed by atoms with Crippen LogP contribution < -0.4 is 0 Å². The maximum Gasteiger partial charge on any atom is 0.472 e. The van der Waals surface area contributed by atoms with Gasteiger partial charge in [0.1, 0.15) is 19.3 Å². The van der Waals surface area contributed by atoms with Crippen molar-refractivity contribution in [1.82, 2.24) is 0 Å². The van der Waals surface area contributed by atoms with Gasteiger partial charge < -0.3 is 33.8 Å². The van der Waals surface area contributed by atoms with Crippen LogP contribution in [0.25, 0.3) is 0 Å². The molecule has 0 spiro atoms. The van der Waals surface area contributed by atoms with Crippen LogP contribution in [0.15, 0.2) is 0 Å². The van der Waals surface area contributed by atoms with Gasteiger partial charge in [-0.2, -0.15) is 0 Å². The molecule has 0 radical (unpaired) electrons. The molecule has 0 saturated carbocycles. The lowest BCUT2D eigenvalue weighted by Gasteiger charge is -2.21. The van der Waals surface area contributed by atoms with Crippen LogP contribution >= 0.6 is 15.6 Å². The SMILES string of the molecule is CCCCCCCCCCCCC(=O)OC[C@H](COP(=O)(O)OC[C@H](O)COP(=O)(O)OC[C@@H](COC(=O)CCCCCCCCCCCCCCCCCCCCC(C)C)OC(=O)CCCCCCCCCCCCCCCCCCCCC(C)C)OC(=O)CCCCCCCCCCCCCCC(C)C. The van der Waals surface area contributed by atoms with E-state index < -0.39 is 97.5 Å². The van der Waals surface area contributed by atoms with Crippen molar-refractivity contribution in [2.75, 3.05) is 39.6 Å². The molecule has 636 valence electrons. The van der Waals surface area contributed by atoms with Crippen molar-refractivity contribution in [1.29, 1.82) is 0 Å². The topological polar surface area (TPSA) is 237 Å². The normalized spacial score (nSPS) is 13.8. The van der Waals surface area contributed by atoms with Crippen molar-refractivity contribution in [3.05, 3.63) is 0 Å². The smallest absolute Gasteiger partial charge is 0.462 e. The number of aliphatic hydroxyl groups excluding tert-OH is 1. The summed E-state index contributed by atoms with van der Waals surface area (Å²) >= 11 is 0. The molecule has 0 aromatic rings. The number of phosphoric ester groups is 2. The van der Waals surface area contributed by atoms with E-state index in [-0.39, 0.29) is 25.7 Å². The highest BCUT2D eigenvalue weighted by molar-refractivity contribution is 7.47. The van der Waals surface area contributed by atoms with Crippen LogP contribution in [-0.4, -0.2) is 96.7 Å². The maximum atomic E-state index is 13.2. The average Bonchev–Trinajstić information content (AvgIpc) is 0.908. The average molecular weight is 1560 g/mol. The van der Waals surface area contributed by atoms with Crippen LogP contribution in [0.5, 0.6) is 0 Å². The van der Waals surface area contributed by atoms with E-state index in [0.29, 0.717) is 25.7 Å². The minimum Gasteiger partial charge on any atom is -0.462 e. The molecule has 5 atom stereocenters. The van der Waals surface area contributed by atoms with Crippen molar-refractivity contribution >= 4 is 39.5 Å². The fraction of sp³-hybridized carbons (Fsp3) is 0.955. The van der Waals surface area contributed by atoms with E-state index >= 15 is 0 Å². The van der Waals surface area contributed by atoms with Gasteiger partial charge in [-0.1, -0.05) is 414 Å². The van der Waals surface area contributed by atoms with Gasteiger partial charge in [-0.05, 0) is 43.4 Å². The molecular weight excluding hydrogens is 1390 g/mol. The van der Waals surface area contributed by atoms with Crippen LogP contribution in [0.3, 0.4) is 0 Å². The van der Waals surface area contributed by atoms with E-state index in [1.165, 1.54) is 276 Å². The van der Waals surface area contributed by atoms with Crippen LogP contribution in [0.4, 0.5) is 0 Å². The lowest BCUT2D eigenvalue weighted by atomic mass is 10.0. The fourth-order valence-electron chi connectivity index (χ4n) is 13.7. The molecule has 2 unspecified atom stereocenters. The third-order valence-electron chi connectivity index (χ3n) is 20.6. The number of hydrogen-bond donors (Lipinski definition) is 3. The maximum absolute atomic E-state index is 13.2. The fourth-order valence-corrected chi connectivity index (χ4v) is 15.3. The Morgan fingerprint density at radius 2 is 0.430 bits per heavy atom. The van der Waals surface area contributed by atoms with Gasteiger partial charge in [0, 0.05) is 25.7 Å². The second kappa shape index (κ2) is 78.0. The Bertz CT molecular complexity index is 2060. The zero-order valence-corrected chi connectivity index (χ0v) is 72.4. The quantitative estimate of drug-likeness (QED) is 0.0222. The molecule has 19 heteroatoms. The zero-order valence-electron chi connectivity index (χ0n) is 70.6. The first kappa shape index (κ1) is 105. The molecule has 0 rings (SSSR count). The Labute approximate surface area is 658 Å². The number of aliphatic hydroxyl groups is 1. The predicted molar refractivity (Wildman–Crippen MR) is 441 cm³/mol. The lowest BCUT2D eigenvalue weighted by Crippen LogP contribution is -2.30. The van der Waals surface area contributed by atoms with Crippen molar-refractivity contribution in [3.63, 3.8) is 0 Å². The molecule has 0 aromatic carbocycles. The summed E-state index contributed by atoms with van der Waals surface area (Å²) in [6, 6.07) is 0. The van der Waals surface area contributed by atoms with E-state index in [0.717, 1.165) is 108 Å². The molecule has 0 aliphatic carbocycles. The minimum atomic E-state index is -4.97. The first-order chi connectivity index (χ1) is 51.7. The highest BCUT2D eigenvalue weighted by Gasteiger charge is 2.31. The van der Waals surface area contributed by atoms with Crippen molar-refractivity contribution in [2.45, 2.75) is 484 Å². The summed E-state index contributed by atoms with van der Waals surface area (Å²) in [6.07, 6.45) is 69.5. The van der Waals surface area contributed by atoms with Crippen molar-refractivity contribution in [3.8, 4) is 0 Å². The van der Waals surface area contributed by atoms with Gasteiger partial charge in [-0.3, -0.25) is 37.3 Å². The second-order valence-corrected chi connectivity index (χ2v) is 36.0. The number of carbonyl (C=O) groups is 4. The number of carbonyl (C=O) groups excluding carboxylic acids is 4. The van der Waals surface area contributed by atoms with Crippen LogP contribution in [0, 0.1) is 17.8 Å². The minimum absolute atomic E-state index is 0.107. The number of hydrogen-bond acceptors (Lipinski definition) is 15. The Kier molecular flexibility index (Phi) is 76.6.